The van der Waals surface area contributed by atoms with Crippen LogP contribution in [0.3, 0.4) is 0 Å². The predicted octanol–water partition coefficient (Wildman–Crippen LogP) is 1.92. The summed E-state index contributed by atoms with van der Waals surface area (Å²) in [5.41, 5.74) is 6.91. The van der Waals surface area contributed by atoms with Crippen molar-refractivity contribution in [3.05, 3.63) is 70.8 Å². The third-order valence-corrected chi connectivity index (χ3v) is 3.26. The zero-order valence-electron chi connectivity index (χ0n) is 13.3. The summed E-state index contributed by atoms with van der Waals surface area (Å²) in [6.45, 7) is 0. The minimum Gasteiger partial charge on any atom is -0.478 e. The maximum atomic E-state index is 10.8. The Hall–Kier alpha value is -3.59. The van der Waals surface area contributed by atoms with Gasteiger partial charge >= 0.3 is 11.9 Å². The van der Waals surface area contributed by atoms with E-state index >= 15 is 0 Å². The van der Waals surface area contributed by atoms with E-state index in [0.29, 0.717) is 11.1 Å². The highest BCUT2D eigenvalue weighted by Gasteiger charge is 2.01. The summed E-state index contributed by atoms with van der Waals surface area (Å²) in [5.74, 6) is -1.99. The molecular weight excluding hydrogens is 356 g/mol. The zero-order valence-corrected chi connectivity index (χ0v) is 14.1. The van der Waals surface area contributed by atoms with Crippen LogP contribution in [-0.2, 0) is 0 Å². The maximum absolute atomic E-state index is 10.8. The fourth-order valence-electron chi connectivity index (χ4n) is 1.78. The van der Waals surface area contributed by atoms with Crippen molar-refractivity contribution in [2.24, 2.45) is 10.2 Å². The van der Waals surface area contributed by atoms with Gasteiger partial charge in [-0.05, 0) is 47.6 Å². The largest absolute Gasteiger partial charge is 0.478 e. The van der Waals surface area contributed by atoms with Gasteiger partial charge in [0.05, 0.1) is 23.6 Å². The summed E-state index contributed by atoms with van der Waals surface area (Å²) in [6.07, 6.45) is 2.96. The third kappa shape index (κ3) is 5.80. The number of hydrazone groups is 2. The van der Waals surface area contributed by atoms with Gasteiger partial charge in [-0.2, -0.15) is 10.2 Å². The van der Waals surface area contributed by atoms with E-state index in [-0.39, 0.29) is 16.2 Å². The minimum absolute atomic E-state index is 0.154. The minimum atomic E-state index is -0.993. The molecule has 2 rings (SSSR count). The van der Waals surface area contributed by atoms with Crippen molar-refractivity contribution in [2.45, 2.75) is 0 Å². The van der Waals surface area contributed by atoms with Gasteiger partial charge in [0.15, 0.2) is 0 Å². The maximum Gasteiger partial charge on any atom is 0.335 e. The molecular formula is C17H14N4O4S. The number of rotatable bonds is 6. The first-order chi connectivity index (χ1) is 12.5. The monoisotopic (exact) mass is 370 g/mol. The lowest BCUT2D eigenvalue weighted by atomic mass is 10.1. The molecule has 0 unspecified atom stereocenters. The first-order valence-corrected chi connectivity index (χ1v) is 7.65. The molecule has 0 aromatic heterocycles. The van der Waals surface area contributed by atoms with Gasteiger partial charge in [-0.1, -0.05) is 24.3 Å². The van der Waals surface area contributed by atoms with E-state index < -0.39 is 11.9 Å². The van der Waals surface area contributed by atoms with E-state index in [4.69, 9.17) is 22.4 Å². The van der Waals surface area contributed by atoms with Gasteiger partial charge in [-0.25, -0.2) is 9.59 Å². The number of carboxylic acids is 2. The van der Waals surface area contributed by atoms with Crippen LogP contribution in [0.25, 0.3) is 0 Å². The first-order valence-electron chi connectivity index (χ1n) is 7.24. The molecule has 4 N–H and O–H groups in total. The van der Waals surface area contributed by atoms with Crippen molar-refractivity contribution in [1.82, 2.24) is 10.9 Å². The molecule has 0 fully saturated rings. The van der Waals surface area contributed by atoms with Crippen molar-refractivity contribution < 1.29 is 19.8 Å². The van der Waals surface area contributed by atoms with Crippen molar-refractivity contribution in [3.8, 4) is 0 Å². The average molecular weight is 370 g/mol. The molecule has 0 heterocycles. The Bertz CT molecular complexity index is 790. The van der Waals surface area contributed by atoms with Gasteiger partial charge < -0.3 is 10.2 Å². The lowest BCUT2D eigenvalue weighted by Crippen LogP contribution is -2.28. The average Bonchev–Trinajstić information content (AvgIpc) is 2.62. The SMILES string of the molecule is O=C(O)c1ccc(/C=N/NC(=S)N/N=C/c2ccc(C(=O)O)cc2)cc1. The topological polar surface area (TPSA) is 123 Å². The van der Waals surface area contributed by atoms with E-state index in [1.165, 1.54) is 36.7 Å². The second kappa shape index (κ2) is 9.04. The van der Waals surface area contributed by atoms with Crippen molar-refractivity contribution >= 4 is 41.7 Å². The summed E-state index contributed by atoms with van der Waals surface area (Å²) in [4.78, 5) is 21.5. The van der Waals surface area contributed by atoms with E-state index in [2.05, 4.69) is 21.1 Å². The summed E-state index contributed by atoms with van der Waals surface area (Å²) in [6, 6.07) is 12.4. The number of aromatic carboxylic acids is 2. The van der Waals surface area contributed by atoms with Crippen LogP contribution in [0.15, 0.2) is 58.7 Å². The Labute approximate surface area is 153 Å². The van der Waals surface area contributed by atoms with E-state index in [9.17, 15) is 9.59 Å². The number of carbonyl (C=O) groups is 2. The molecule has 2 aromatic carbocycles. The number of nitrogens with one attached hydrogen (secondary N) is 2. The number of carboxylic acid groups (broad SMARTS) is 2. The Morgan fingerprint density at radius 3 is 1.42 bits per heavy atom. The Balaban J connectivity index is 1.81. The lowest BCUT2D eigenvalue weighted by molar-refractivity contribution is 0.0686. The zero-order chi connectivity index (χ0) is 18.9. The van der Waals surface area contributed by atoms with Crippen LogP contribution in [0.4, 0.5) is 0 Å². The van der Waals surface area contributed by atoms with E-state index in [0.717, 1.165) is 0 Å². The Morgan fingerprint density at radius 1 is 0.769 bits per heavy atom. The molecule has 132 valence electrons. The Kier molecular flexibility index (Phi) is 6.52. The highest BCUT2D eigenvalue weighted by molar-refractivity contribution is 7.80. The quantitative estimate of drug-likeness (QED) is 0.348. The summed E-state index contributed by atoms with van der Waals surface area (Å²) in [5, 5.41) is 25.6. The summed E-state index contributed by atoms with van der Waals surface area (Å²) < 4.78 is 0. The van der Waals surface area contributed by atoms with Crippen LogP contribution < -0.4 is 10.9 Å². The van der Waals surface area contributed by atoms with Gasteiger partial charge in [0.25, 0.3) is 0 Å². The molecule has 0 atom stereocenters. The smallest absolute Gasteiger partial charge is 0.335 e. The van der Waals surface area contributed by atoms with Crippen molar-refractivity contribution in [1.29, 1.82) is 0 Å². The molecule has 0 aliphatic heterocycles. The lowest BCUT2D eigenvalue weighted by Gasteiger charge is -2.01. The van der Waals surface area contributed by atoms with Crippen molar-refractivity contribution in [2.75, 3.05) is 0 Å². The van der Waals surface area contributed by atoms with Crippen LogP contribution in [0.5, 0.6) is 0 Å². The van der Waals surface area contributed by atoms with Crippen LogP contribution in [-0.4, -0.2) is 39.7 Å². The molecule has 0 bridgehead atoms. The van der Waals surface area contributed by atoms with Crippen LogP contribution in [0, 0.1) is 0 Å². The highest BCUT2D eigenvalue weighted by Crippen LogP contribution is 2.03. The second-order valence-electron chi connectivity index (χ2n) is 4.92. The number of hydrogen-bond acceptors (Lipinski definition) is 5. The fourth-order valence-corrected chi connectivity index (χ4v) is 1.88. The molecule has 26 heavy (non-hydrogen) atoms. The standard InChI is InChI=1S/C17H14N4O4S/c22-15(23)13-5-1-11(2-6-13)9-18-20-17(26)21-19-10-12-3-7-14(8-4-12)16(24)25/h1-10H,(H,22,23)(H,24,25)(H2,20,21,26)/b18-9+,19-10+. The van der Waals surface area contributed by atoms with Crippen molar-refractivity contribution in [3.63, 3.8) is 0 Å². The summed E-state index contributed by atoms with van der Waals surface area (Å²) in [7, 11) is 0. The van der Waals surface area contributed by atoms with Crippen LogP contribution in [0.1, 0.15) is 31.8 Å². The summed E-state index contributed by atoms with van der Waals surface area (Å²) >= 11 is 4.99. The van der Waals surface area contributed by atoms with Gasteiger partial charge in [0.1, 0.15) is 0 Å². The van der Waals surface area contributed by atoms with Gasteiger partial charge in [0.2, 0.25) is 5.11 Å². The number of nitrogens with zero attached hydrogens (tertiary/aromatic N) is 2. The molecule has 0 aliphatic carbocycles. The molecule has 0 saturated carbocycles. The first kappa shape index (κ1) is 18.7. The molecule has 2 aromatic rings. The molecule has 0 saturated heterocycles. The van der Waals surface area contributed by atoms with Crippen LogP contribution in [0.2, 0.25) is 0 Å². The third-order valence-electron chi connectivity index (χ3n) is 3.07. The molecule has 0 radical (unpaired) electrons. The van der Waals surface area contributed by atoms with Gasteiger partial charge in [0, 0.05) is 0 Å². The van der Waals surface area contributed by atoms with Gasteiger partial charge in [-0.3, -0.25) is 10.9 Å². The predicted molar refractivity (Wildman–Crippen MR) is 101 cm³/mol. The highest BCUT2D eigenvalue weighted by atomic mass is 32.1. The van der Waals surface area contributed by atoms with E-state index in [1.807, 2.05) is 0 Å². The molecule has 9 heteroatoms. The molecule has 8 nitrogen and oxygen atoms in total. The van der Waals surface area contributed by atoms with E-state index in [1.54, 1.807) is 24.3 Å². The molecule has 0 amide bonds. The van der Waals surface area contributed by atoms with Crippen LogP contribution >= 0.6 is 12.2 Å². The normalized spacial score (nSPS) is 10.8. The second-order valence-corrected chi connectivity index (χ2v) is 5.33. The molecule has 0 spiro atoms. The van der Waals surface area contributed by atoms with Gasteiger partial charge in [-0.15, -0.1) is 0 Å². The fraction of sp³-hybridized carbons (Fsp3) is 0. The molecule has 0 aliphatic rings. The number of benzene rings is 2. The number of thiocarbonyl (C=S) groups is 1. The number of hydrogen-bond donors (Lipinski definition) is 4. The Morgan fingerprint density at radius 2 is 1.12 bits per heavy atom.